The van der Waals surface area contributed by atoms with Gasteiger partial charge in [0.05, 0.1) is 6.04 Å². The molecule has 4 heteroatoms. The van der Waals surface area contributed by atoms with E-state index in [1.165, 1.54) is 0 Å². The van der Waals surface area contributed by atoms with E-state index < -0.39 is 0 Å². The van der Waals surface area contributed by atoms with Crippen LogP contribution >= 0.6 is 0 Å². The first-order valence-corrected chi connectivity index (χ1v) is 5.65. The van der Waals surface area contributed by atoms with Crippen LogP contribution in [0.4, 0.5) is 0 Å². The van der Waals surface area contributed by atoms with Gasteiger partial charge in [-0.2, -0.15) is 0 Å². The topological polar surface area (TPSA) is 54.0 Å². The number of pyridine rings is 1. The number of nitrogens with one attached hydrogen (secondary N) is 2. The number of amides is 1. The Hall–Kier alpha value is -1.42. The summed E-state index contributed by atoms with van der Waals surface area (Å²) < 4.78 is 0. The summed E-state index contributed by atoms with van der Waals surface area (Å²) in [6.07, 6.45) is 4.14. The van der Waals surface area contributed by atoms with E-state index in [0.717, 1.165) is 18.7 Å². The second-order valence-corrected chi connectivity index (χ2v) is 4.30. The highest BCUT2D eigenvalue weighted by atomic mass is 16.1. The lowest BCUT2D eigenvalue weighted by atomic mass is 9.99. The predicted molar refractivity (Wildman–Crippen MR) is 61.8 cm³/mol. The van der Waals surface area contributed by atoms with Gasteiger partial charge in [0.1, 0.15) is 0 Å². The monoisotopic (exact) mass is 219 g/mol. The lowest BCUT2D eigenvalue weighted by molar-refractivity contribution is -0.123. The van der Waals surface area contributed by atoms with Crippen LogP contribution in [0.15, 0.2) is 24.5 Å². The quantitative estimate of drug-likeness (QED) is 0.790. The fraction of sp³-hybridized carbons (Fsp3) is 0.500. The smallest absolute Gasteiger partial charge is 0.220 e. The summed E-state index contributed by atoms with van der Waals surface area (Å²) in [7, 11) is 0. The Morgan fingerprint density at radius 3 is 3.06 bits per heavy atom. The molecule has 0 aliphatic carbocycles. The summed E-state index contributed by atoms with van der Waals surface area (Å²) in [5, 5.41) is 6.15. The van der Waals surface area contributed by atoms with E-state index in [1.807, 2.05) is 19.1 Å². The van der Waals surface area contributed by atoms with Gasteiger partial charge in [0.2, 0.25) is 5.91 Å². The minimum atomic E-state index is 0.0363. The van der Waals surface area contributed by atoms with Gasteiger partial charge in [0.25, 0.3) is 0 Å². The second-order valence-electron chi connectivity index (χ2n) is 4.30. The molecule has 16 heavy (non-hydrogen) atoms. The molecule has 1 aromatic heterocycles. The van der Waals surface area contributed by atoms with Gasteiger partial charge in [-0.05, 0) is 37.6 Å². The fourth-order valence-electron chi connectivity index (χ4n) is 1.77. The van der Waals surface area contributed by atoms with Crippen LogP contribution in [0.5, 0.6) is 0 Å². The molecule has 2 heterocycles. The molecule has 2 rings (SSSR count). The third-order valence-electron chi connectivity index (χ3n) is 2.90. The Labute approximate surface area is 95.5 Å². The van der Waals surface area contributed by atoms with E-state index in [4.69, 9.17) is 0 Å². The van der Waals surface area contributed by atoms with Crippen LogP contribution in [0.3, 0.4) is 0 Å². The van der Waals surface area contributed by atoms with Gasteiger partial charge in [0.15, 0.2) is 0 Å². The van der Waals surface area contributed by atoms with E-state index >= 15 is 0 Å². The first-order valence-electron chi connectivity index (χ1n) is 5.65. The molecule has 0 radical (unpaired) electrons. The van der Waals surface area contributed by atoms with Gasteiger partial charge in [-0.15, -0.1) is 0 Å². The number of carbonyl (C=O) groups excluding carboxylic acids is 1. The Balaban J connectivity index is 1.82. The van der Waals surface area contributed by atoms with Crippen molar-refractivity contribution in [1.82, 2.24) is 15.6 Å². The number of rotatable bonds is 4. The summed E-state index contributed by atoms with van der Waals surface area (Å²) in [5.74, 6) is 0.643. The largest absolute Gasteiger partial charge is 0.350 e. The predicted octanol–water partition coefficient (Wildman–Crippen LogP) is 0.868. The molecular weight excluding hydrogens is 202 g/mol. The molecular formula is C12H17N3O. The maximum absolute atomic E-state index is 11.7. The van der Waals surface area contributed by atoms with Crippen molar-refractivity contribution in [2.45, 2.75) is 19.4 Å². The van der Waals surface area contributed by atoms with Crippen LogP contribution in [0, 0.1) is 5.92 Å². The van der Waals surface area contributed by atoms with Crippen LogP contribution in [-0.4, -0.2) is 24.0 Å². The molecule has 1 aromatic rings. The van der Waals surface area contributed by atoms with Crippen molar-refractivity contribution in [2.75, 3.05) is 13.1 Å². The van der Waals surface area contributed by atoms with E-state index in [0.29, 0.717) is 12.3 Å². The molecule has 2 N–H and O–H groups in total. The van der Waals surface area contributed by atoms with E-state index in [2.05, 4.69) is 15.6 Å². The van der Waals surface area contributed by atoms with Gasteiger partial charge in [-0.3, -0.25) is 9.78 Å². The lowest BCUT2D eigenvalue weighted by Gasteiger charge is -2.27. The molecule has 0 aromatic carbocycles. The number of nitrogens with zero attached hydrogens (tertiary/aromatic N) is 1. The number of hydrogen-bond donors (Lipinski definition) is 2. The van der Waals surface area contributed by atoms with Gasteiger partial charge in [-0.1, -0.05) is 6.07 Å². The minimum Gasteiger partial charge on any atom is -0.350 e. The molecule has 1 atom stereocenters. The van der Waals surface area contributed by atoms with Crippen molar-refractivity contribution in [1.29, 1.82) is 0 Å². The Morgan fingerprint density at radius 1 is 1.69 bits per heavy atom. The molecule has 0 bridgehead atoms. The zero-order valence-corrected chi connectivity index (χ0v) is 9.44. The van der Waals surface area contributed by atoms with Gasteiger partial charge >= 0.3 is 0 Å². The zero-order chi connectivity index (χ0) is 11.4. The van der Waals surface area contributed by atoms with E-state index in [9.17, 15) is 4.79 Å². The molecule has 0 unspecified atom stereocenters. The number of hydrogen-bond acceptors (Lipinski definition) is 3. The Morgan fingerprint density at radius 2 is 2.50 bits per heavy atom. The van der Waals surface area contributed by atoms with E-state index in [1.54, 1.807) is 12.4 Å². The van der Waals surface area contributed by atoms with Crippen molar-refractivity contribution >= 4 is 5.91 Å². The third-order valence-corrected chi connectivity index (χ3v) is 2.90. The minimum absolute atomic E-state index is 0.0363. The first kappa shape index (κ1) is 11.1. The summed E-state index contributed by atoms with van der Waals surface area (Å²) in [4.78, 5) is 15.7. The molecule has 1 fully saturated rings. The molecule has 86 valence electrons. The molecule has 4 nitrogen and oxygen atoms in total. The van der Waals surface area contributed by atoms with Crippen LogP contribution in [0.1, 0.15) is 24.9 Å². The van der Waals surface area contributed by atoms with Crippen molar-refractivity contribution in [3.8, 4) is 0 Å². The maximum Gasteiger partial charge on any atom is 0.220 e. The summed E-state index contributed by atoms with van der Waals surface area (Å²) >= 11 is 0. The summed E-state index contributed by atoms with van der Waals surface area (Å²) in [5.41, 5.74) is 1.04. The molecule has 0 spiro atoms. The average Bonchev–Trinajstić information content (AvgIpc) is 2.25. The van der Waals surface area contributed by atoms with Crippen molar-refractivity contribution in [3.63, 3.8) is 0 Å². The second kappa shape index (κ2) is 5.07. The molecule has 1 amide bonds. The first-order chi connectivity index (χ1) is 7.75. The van der Waals surface area contributed by atoms with Gasteiger partial charge in [0, 0.05) is 18.8 Å². The summed E-state index contributed by atoms with van der Waals surface area (Å²) in [6, 6.07) is 3.89. The maximum atomic E-state index is 11.7. The van der Waals surface area contributed by atoms with Crippen LogP contribution < -0.4 is 10.6 Å². The zero-order valence-electron chi connectivity index (χ0n) is 9.44. The van der Waals surface area contributed by atoms with Crippen molar-refractivity contribution in [2.24, 2.45) is 5.92 Å². The molecule has 1 aliphatic rings. The lowest BCUT2D eigenvalue weighted by Crippen LogP contribution is -2.44. The average molecular weight is 219 g/mol. The van der Waals surface area contributed by atoms with E-state index in [-0.39, 0.29) is 11.9 Å². The fourth-order valence-corrected chi connectivity index (χ4v) is 1.77. The van der Waals surface area contributed by atoms with Gasteiger partial charge < -0.3 is 10.6 Å². The number of aromatic nitrogens is 1. The van der Waals surface area contributed by atoms with Gasteiger partial charge in [-0.25, -0.2) is 0 Å². The molecule has 1 saturated heterocycles. The highest BCUT2D eigenvalue weighted by Gasteiger charge is 2.20. The number of carbonyl (C=O) groups is 1. The van der Waals surface area contributed by atoms with Crippen molar-refractivity contribution in [3.05, 3.63) is 30.1 Å². The normalized spacial score (nSPS) is 17.6. The van der Waals surface area contributed by atoms with Crippen LogP contribution in [-0.2, 0) is 4.79 Å². The standard InChI is InChI=1S/C12H17N3O/c1-9(11-3-2-4-13-8-11)15-12(16)5-10-6-14-7-10/h2-4,8-10,14H,5-7H2,1H3,(H,15,16)/t9-/m0/s1. The Bertz CT molecular complexity index is 349. The third kappa shape index (κ3) is 2.79. The van der Waals surface area contributed by atoms with Crippen LogP contribution in [0.2, 0.25) is 0 Å². The van der Waals surface area contributed by atoms with Crippen LogP contribution in [0.25, 0.3) is 0 Å². The Kier molecular flexibility index (Phi) is 3.51. The van der Waals surface area contributed by atoms with Crippen molar-refractivity contribution < 1.29 is 4.79 Å². The SMILES string of the molecule is C[C@H](NC(=O)CC1CNC1)c1cccnc1. The molecule has 1 aliphatic heterocycles. The highest BCUT2D eigenvalue weighted by molar-refractivity contribution is 5.76. The summed E-state index contributed by atoms with van der Waals surface area (Å²) in [6.45, 7) is 3.91. The molecule has 0 saturated carbocycles. The highest BCUT2D eigenvalue weighted by Crippen LogP contribution is 2.12.